The topological polar surface area (TPSA) is 38.8 Å². The van der Waals surface area contributed by atoms with Crippen LogP contribution in [0.3, 0.4) is 0 Å². The molecule has 5 rings (SSSR count). The highest BCUT2D eigenvalue weighted by atomic mass is 16.6. The summed E-state index contributed by atoms with van der Waals surface area (Å²) in [6, 6.07) is 14.5. The molecule has 2 aromatic carbocycles. The van der Waals surface area contributed by atoms with E-state index >= 15 is 0 Å². The van der Waals surface area contributed by atoms with Crippen molar-refractivity contribution in [2.45, 2.75) is 57.3 Å². The van der Waals surface area contributed by atoms with Crippen LogP contribution in [-0.2, 0) is 14.3 Å². The molecule has 3 nitrogen and oxygen atoms in total. The van der Waals surface area contributed by atoms with Crippen LogP contribution in [0, 0.1) is 5.92 Å². The lowest BCUT2D eigenvalue weighted by Crippen LogP contribution is -2.28. The Hall–Kier alpha value is -2.39. The first-order chi connectivity index (χ1) is 13.5. The first kappa shape index (κ1) is 17.7. The van der Waals surface area contributed by atoms with Gasteiger partial charge in [0.2, 0.25) is 0 Å². The fourth-order valence-corrected chi connectivity index (χ4v) is 4.87. The molecule has 1 aliphatic carbocycles. The van der Waals surface area contributed by atoms with Crippen molar-refractivity contribution in [3.05, 3.63) is 65.3 Å². The molecule has 2 saturated heterocycles. The third-order valence-electron chi connectivity index (χ3n) is 6.63. The predicted molar refractivity (Wildman–Crippen MR) is 111 cm³/mol. The number of rotatable bonds is 1. The van der Waals surface area contributed by atoms with Crippen molar-refractivity contribution in [1.82, 2.24) is 0 Å². The summed E-state index contributed by atoms with van der Waals surface area (Å²) in [6.45, 7) is 4.34. The summed E-state index contributed by atoms with van der Waals surface area (Å²) < 4.78 is 12.0. The first-order valence-electron chi connectivity index (χ1n) is 10.3. The predicted octanol–water partition coefficient (Wildman–Crippen LogP) is 5.44. The number of epoxide rings is 1. The minimum Gasteiger partial charge on any atom is -0.455 e. The Balaban J connectivity index is 1.56. The van der Waals surface area contributed by atoms with Crippen molar-refractivity contribution in [1.29, 1.82) is 0 Å². The Bertz CT molecular complexity index is 997. The zero-order valence-electron chi connectivity index (χ0n) is 16.5. The van der Waals surface area contributed by atoms with Crippen LogP contribution in [0.25, 0.3) is 16.8 Å². The molecule has 0 saturated carbocycles. The van der Waals surface area contributed by atoms with E-state index in [1.165, 1.54) is 11.0 Å². The highest BCUT2D eigenvalue weighted by Crippen LogP contribution is 2.50. The average Bonchev–Trinajstić information content (AvgIpc) is 3.26. The number of hydrogen-bond acceptors (Lipinski definition) is 3. The molecule has 3 aliphatic rings. The van der Waals surface area contributed by atoms with Gasteiger partial charge in [0, 0.05) is 11.5 Å². The normalized spacial score (nSPS) is 35.6. The summed E-state index contributed by atoms with van der Waals surface area (Å²) >= 11 is 0. The molecular formula is C25H26O3. The van der Waals surface area contributed by atoms with Crippen LogP contribution in [0.1, 0.15) is 45.1 Å². The van der Waals surface area contributed by atoms with Crippen LogP contribution < -0.4 is 0 Å². The molecule has 2 aliphatic heterocycles. The van der Waals surface area contributed by atoms with E-state index in [1.807, 2.05) is 18.2 Å². The molecule has 3 heteroatoms. The van der Waals surface area contributed by atoms with Gasteiger partial charge < -0.3 is 9.47 Å². The molecule has 4 atom stereocenters. The maximum absolute atomic E-state index is 12.9. The van der Waals surface area contributed by atoms with Gasteiger partial charge in [0.25, 0.3) is 0 Å². The molecule has 2 fully saturated rings. The molecule has 2 heterocycles. The Morgan fingerprint density at radius 2 is 1.96 bits per heavy atom. The van der Waals surface area contributed by atoms with Gasteiger partial charge in [-0.1, -0.05) is 54.1 Å². The summed E-state index contributed by atoms with van der Waals surface area (Å²) in [5.74, 6) is -0.0959. The molecule has 0 N–H and O–H groups in total. The smallest absolute Gasteiger partial charge is 0.334 e. The molecule has 0 aromatic heterocycles. The SMILES string of the molecule is C/C1=C\CC[C@@]2(C)O[C@H]2[C@H]2OC(=O)/C(=C/c3cccc4ccccc34)[C@@H]2CC1. The maximum atomic E-state index is 12.9. The minimum absolute atomic E-state index is 0.0201. The number of ether oxygens (including phenoxy) is 2. The van der Waals surface area contributed by atoms with Gasteiger partial charge in [-0.3, -0.25) is 0 Å². The van der Waals surface area contributed by atoms with Crippen molar-refractivity contribution in [3.8, 4) is 0 Å². The summed E-state index contributed by atoms with van der Waals surface area (Å²) in [5, 5.41) is 2.35. The molecule has 144 valence electrons. The number of benzene rings is 2. The van der Waals surface area contributed by atoms with Crippen LogP contribution in [0.4, 0.5) is 0 Å². The van der Waals surface area contributed by atoms with Gasteiger partial charge in [-0.15, -0.1) is 0 Å². The van der Waals surface area contributed by atoms with Gasteiger partial charge in [0.1, 0.15) is 12.2 Å². The molecule has 28 heavy (non-hydrogen) atoms. The van der Waals surface area contributed by atoms with Crippen LogP contribution in [-0.4, -0.2) is 23.8 Å². The largest absolute Gasteiger partial charge is 0.455 e. The lowest BCUT2D eigenvalue weighted by molar-refractivity contribution is -0.139. The summed E-state index contributed by atoms with van der Waals surface area (Å²) in [7, 11) is 0. The maximum Gasteiger partial charge on any atom is 0.334 e. The van der Waals surface area contributed by atoms with Gasteiger partial charge in [-0.05, 0) is 61.9 Å². The second kappa shape index (κ2) is 6.59. The lowest BCUT2D eigenvalue weighted by Gasteiger charge is -2.19. The van der Waals surface area contributed by atoms with E-state index in [2.05, 4.69) is 50.3 Å². The number of hydrogen-bond donors (Lipinski definition) is 0. The zero-order valence-corrected chi connectivity index (χ0v) is 16.5. The van der Waals surface area contributed by atoms with Crippen molar-refractivity contribution < 1.29 is 14.3 Å². The number of carbonyl (C=O) groups is 1. The zero-order chi connectivity index (χ0) is 19.3. The minimum atomic E-state index is -0.179. The Labute approximate surface area is 166 Å². The van der Waals surface area contributed by atoms with Crippen LogP contribution >= 0.6 is 0 Å². The molecule has 0 amide bonds. The van der Waals surface area contributed by atoms with Crippen LogP contribution in [0.15, 0.2) is 59.7 Å². The van der Waals surface area contributed by atoms with E-state index in [1.54, 1.807) is 0 Å². The third kappa shape index (κ3) is 2.98. The van der Waals surface area contributed by atoms with Crippen molar-refractivity contribution in [2.24, 2.45) is 5.92 Å². The van der Waals surface area contributed by atoms with Gasteiger partial charge in [-0.25, -0.2) is 4.79 Å². The van der Waals surface area contributed by atoms with E-state index in [0.29, 0.717) is 0 Å². The lowest BCUT2D eigenvalue weighted by atomic mass is 9.83. The van der Waals surface area contributed by atoms with Gasteiger partial charge in [-0.2, -0.15) is 0 Å². The Morgan fingerprint density at radius 1 is 1.14 bits per heavy atom. The Morgan fingerprint density at radius 3 is 2.86 bits per heavy atom. The van der Waals surface area contributed by atoms with Gasteiger partial charge in [0.15, 0.2) is 0 Å². The second-order valence-electron chi connectivity index (χ2n) is 8.62. The number of fused-ring (bicyclic) bond motifs is 4. The fourth-order valence-electron chi connectivity index (χ4n) is 4.87. The third-order valence-corrected chi connectivity index (χ3v) is 6.63. The van der Waals surface area contributed by atoms with Gasteiger partial charge in [0.05, 0.1) is 5.60 Å². The van der Waals surface area contributed by atoms with Crippen molar-refractivity contribution >= 4 is 22.8 Å². The quantitative estimate of drug-likeness (QED) is 0.289. The molecule has 0 unspecified atom stereocenters. The van der Waals surface area contributed by atoms with Crippen molar-refractivity contribution in [2.75, 3.05) is 0 Å². The highest BCUT2D eigenvalue weighted by Gasteiger charge is 2.61. The Kier molecular flexibility index (Phi) is 4.17. The second-order valence-corrected chi connectivity index (χ2v) is 8.62. The standard InChI is InChI=1S/C25H26O3/c1-16-7-6-14-25(2)23(28-25)22-20(13-12-16)21(24(26)27-22)15-18-10-5-9-17-8-3-4-11-19(17)18/h3-5,7-11,15,20,22-23H,6,12-14H2,1-2H3/b16-7+,21-15+/t20-,22-,23-,25+/m0/s1. The van der Waals surface area contributed by atoms with E-state index in [4.69, 9.17) is 9.47 Å². The number of carbonyl (C=O) groups excluding carboxylic acids is 1. The molecule has 2 aromatic rings. The molecule has 0 spiro atoms. The van der Waals surface area contributed by atoms with E-state index in [0.717, 1.165) is 42.2 Å². The van der Waals surface area contributed by atoms with E-state index in [-0.39, 0.29) is 29.7 Å². The summed E-state index contributed by atoms with van der Waals surface area (Å²) in [5.41, 5.74) is 3.11. The molecule has 0 radical (unpaired) electrons. The average molecular weight is 374 g/mol. The van der Waals surface area contributed by atoms with Crippen LogP contribution in [0.5, 0.6) is 0 Å². The molecular weight excluding hydrogens is 348 g/mol. The fraction of sp³-hybridized carbons (Fsp3) is 0.400. The van der Waals surface area contributed by atoms with Crippen molar-refractivity contribution in [3.63, 3.8) is 0 Å². The monoisotopic (exact) mass is 374 g/mol. The first-order valence-corrected chi connectivity index (χ1v) is 10.3. The van der Waals surface area contributed by atoms with Crippen LogP contribution in [0.2, 0.25) is 0 Å². The summed E-state index contributed by atoms with van der Waals surface area (Å²) in [6.07, 6.45) is 8.17. The highest BCUT2D eigenvalue weighted by molar-refractivity contribution is 6.00. The summed E-state index contributed by atoms with van der Waals surface area (Å²) in [4.78, 5) is 12.9. The van der Waals surface area contributed by atoms with E-state index in [9.17, 15) is 4.79 Å². The van der Waals surface area contributed by atoms with E-state index < -0.39 is 0 Å². The number of allylic oxidation sites excluding steroid dienone is 2. The van der Waals surface area contributed by atoms with Gasteiger partial charge >= 0.3 is 5.97 Å². The number of esters is 1. The molecule has 0 bridgehead atoms.